The molecule has 3 atom stereocenters. The summed E-state index contributed by atoms with van der Waals surface area (Å²) in [4.78, 5) is 0. The van der Waals surface area contributed by atoms with E-state index in [9.17, 15) is 5.11 Å². The van der Waals surface area contributed by atoms with Gasteiger partial charge in [-0.15, -0.1) is 0 Å². The van der Waals surface area contributed by atoms with Gasteiger partial charge in [-0.25, -0.2) is 0 Å². The Balaban J connectivity index is 2.19. The van der Waals surface area contributed by atoms with Crippen LogP contribution in [0.4, 0.5) is 0 Å². The van der Waals surface area contributed by atoms with Crippen LogP contribution < -0.4 is 0 Å². The summed E-state index contributed by atoms with van der Waals surface area (Å²) in [5, 5.41) is 9.66. The summed E-state index contributed by atoms with van der Waals surface area (Å²) in [5.74, 6) is 5.64. The van der Waals surface area contributed by atoms with Gasteiger partial charge in [0, 0.05) is 9.68 Å². The van der Waals surface area contributed by atoms with Crippen molar-refractivity contribution in [3.63, 3.8) is 0 Å². The maximum absolute atomic E-state index is 9.66. The van der Waals surface area contributed by atoms with Crippen molar-refractivity contribution >= 4 is 0 Å². The summed E-state index contributed by atoms with van der Waals surface area (Å²) in [6, 6.07) is 7.49. The first-order valence-corrected chi connectivity index (χ1v) is 7.90. The van der Waals surface area contributed by atoms with E-state index in [0.29, 0.717) is 12.3 Å². The van der Waals surface area contributed by atoms with E-state index < -0.39 is 18.4 Å². The van der Waals surface area contributed by atoms with E-state index >= 15 is 0 Å². The Morgan fingerprint density at radius 1 is 1.29 bits per heavy atom. The molecule has 1 heteroatoms. The highest BCUT2D eigenvalue weighted by Gasteiger charge is 2.21. The lowest BCUT2D eigenvalue weighted by Crippen LogP contribution is -2.14. The van der Waals surface area contributed by atoms with Gasteiger partial charge in [-0.05, 0) is 69.0 Å². The van der Waals surface area contributed by atoms with E-state index in [1.54, 1.807) is 13.8 Å². The molecule has 114 valence electrons. The van der Waals surface area contributed by atoms with E-state index in [0.717, 1.165) is 30.4 Å². The van der Waals surface area contributed by atoms with Gasteiger partial charge in [0.1, 0.15) is 5.60 Å². The molecule has 0 aromatic heterocycles. The highest BCUT2D eigenvalue weighted by molar-refractivity contribution is 5.38. The molecule has 1 aliphatic carbocycles. The lowest BCUT2D eigenvalue weighted by atomic mass is 9.77. The number of benzene rings is 1. The van der Waals surface area contributed by atoms with Crippen LogP contribution in [0.3, 0.4) is 0 Å². The molecule has 1 fully saturated rings. The summed E-state index contributed by atoms with van der Waals surface area (Å²) in [5.41, 5.74) is 0.645. The standard InChI is InChI=1S/C20H28O/c1-4-5-16-6-10-18(11-7-16)19-12-8-17(9-13-19)14-15-20(2,3)21/h8-9,12-13,16,18,21H,4-7,10-11H2,1-3H3/t16-,18?/i10D,11D2/t10-,16-,18?/m1/s1. The van der Waals surface area contributed by atoms with Gasteiger partial charge in [0.2, 0.25) is 0 Å². The third-order valence-electron chi connectivity index (χ3n) is 3.81. The topological polar surface area (TPSA) is 20.2 Å². The van der Waals surface area contributed by atoms with Crippen LogP contribution in [0, 0.1) is 17.8 Å². The fraction of sp³-hybridized carbons (Fsp3) is 0.600. The van der Waals surface area contributed by atoms with E-state index in [-0.39, 0.29) is 5.92 Å². The smallest absolute Gasteiger partial charge is 0.120 e. The van der Waals surface area contributed by atoms with Gasteiger partial charge in [0.05, 0.1) is 0 Å². The van der Waals surface area contributed by atoms with E-state index in [2.05, 4.69) is 18.8 Å². The SMILES string of the molecule is [2H][C@@H]1C[C@@H](CCC)CC([2H])([2H])C1c1ccc(C#CC(C)(C)O)cc1. The monoisotopic (exact) mass is 287 g/mol. The van der Waals surface area contributed by atoms with Gasteiger partial charge < -0.3 is 5.11 Å². The molecule has 1 unspecified atom stereocenters. The first kappa shape index (κ1) is 12.3. The summed E-state index contributed by atoms with van der Waals surface area (Å²) >= 11 is 0. The quantitative estimate of drug-likeness (QED) is 0.785. The van der Waals surface area contributed by atoms with Gasteiger partial charge >= 0.3 is 0 Å². The Morgan fingerprint density at radius 2 is 2.00 bits per heavy atom. The van der Waals surface area contributed by atoms with Crippen LogP contribution in [0.5, 0.6) is 0 Å². The predicted octanol–water partition coefficient (Wildman–Crippen LogP) is 4.88. The molecular weight excluding hydrogens is 256 g/mol. The summed E-state index contributed by atoms with van der Waals surface area (Å²) in [6.07, 6.45) is 1.63. The lowest BCUT2D eigenvalue weighted by molar-refractivity contribution is 0.143. The predicted molar refractivity (Wildman–Crippen MR) is 89.2 cm³/mol. The molecule has 21 heavy (non-hydrogen) atoms. The third kappa shape index (κ3) is 5.21. The van der Waals surface area contributed by atoms with Crippen molar-refractivity contribution in [2.45, 2.75) is 70.7 Å². The molecule has 2 rings (SSSR count). The first-order chi connectivity index (χ1) is 11.1. The van der Waals surface area contributed by atoms with E-state index in [1.807, 2.05) is 24.3 Å². The van der Waals surface area contributed by atoms with Crippen molar-refractivity contribution in [2.75, 3.05) is 0 Å². The number of aliphatic hydroxyl groups is 1. The molecule has 0 heterocycles. The van der Waals surface area contributed by atoms with Crippen LogP contribution in [-0.4, -0.2) is 10.7 Å². The Morgan fingerprint density at radius 3 is 2.57 bits per heavy atom. The van der Waals surface area contributed by atoms with E-state index in [1.165, 1.54) is 0 Å². The molecule has 1 saturated carbocycles. The van der Waals surface area contributed by atoms with Crippen LogP contribution in [-0.2, 0) is 0 Å². The molecular formula is C20H28O. The average molecular weight is 287 g/mol. The second-order valence-corrected chi connectivity index (χ2v) is 6.44. The lowest BCUT2D eigenvalue weighted by Gasteiger charge is -2.28. The number of hydrogen-bond acceptors (Lipinski definition) is 1. The minimum Gasteiger partial charge on any atom is -0.378 e. The van der Waals surface area contributed by atoms with E-state index in [4.69, 9.17) is 4.11 Å². The van der Waals surface area contributed by atoms with Crippen molar-refractivity contribution in [1.82, 2.24) is 0 Å². The van der Waals surface area contributed by atoms with Gasteiger partial charge in [-0.3, -0.25) is 0 Å². The van der Waals surface area contributed by atoms with Crippen molar-refractivity contribution in [2.24, 2.45) is 5.92 Å². The van der Waals surface area contributed by atoms with Crippen LogP contribution in [0.15, 0.2) is 24.3 Å². The first-order valence-electron chi connectivity index (χ1n) is 9.48. The Kier molecular flexibility index (Phi) is 4.18. The van der Waals surface area contributed by atoms with Gasteiger partial charge in [-0.2, -0.15) is 0 Å². The Labute approximate surface area is 134 Å². The molecule has 0 spiro atoms. The van der Waals surface area contributed by atoms with Crippen LogP contribution >= 0.6 is 0 Å². The van der Waals surface area contributed by atoms with Gasteiger partial charge in [-0.1, -0.05) is 43.7 Å². The highest BCUT2D eigenvalue weighted by Crippen LogP contribution is 2.37. The summed E-state index contributed by atoms with van der Waals surface area (Å²) < 4.78 is 25.4. The van der Waals surface area contributed by atoms with Crippen LogP contribution in [0.25, 0.3) is 0 Å². The van der Waals surface area contributed by atoms with Crippen molar-refractivity contribution in [1.29, 1.82) is 0 Å². The van der Waals surface area contributed by atoms with Crippen molar-refractivity contribution < 1.29 is 9.22 Å². The maximum atomic E-state index is 9.66. The molecule has 0 radical (unpaired) electrons. The number of rotatable bonds is 3. The van der Waals surface area contributed by atoms with Gasteiger partial charge in [0.15, 0.2) is 0 Å². The van der Waals surface area contributed by atoms with Crippen molar-refractivity contribution in [3.05, 3.63) is 35.4 Å². The maximum Gasteiger partial charge on any atom is 0.120 e. The molecule has 1 aromatic rings. The molecule has 0 bridgehead atoms. The molecule has 0 amide bonds. The summed E-state index contributed by atoms with van der Waals surface area (Å²) in [7, 11) is 0. The zero-order valence-corrected chi connectivity index (χ0v) is 13.3. The van der Waals surface area contributed by atoms with Crippen LogP contribution in [0.2, 0.25) is 0 Å². The Hall–Kier alpha value is -1.26. The average Bonchev–Trinajstić information content (AvgIpc) is 2.44. The minimum atomic E-state index is -1.34. The minimum absolute atomic E-state index is 0.320. The molecule has 1 nitrogen and oxygen atoms in total. The highest BCUT2D eigenvalue weighted by atomic mass is 16.3. The fourth-order valence-corrected chi connectivity index (χ4v) is 2.67. The molecule has 0 aliphatic heterocycles. The van der Waals surface area contributed by atoms with Crippen LogP contribution in [0.1, 0.15) is 80.4 Å². The zero-order chi connectivity index (χ0) is 18.0. The molecule has 1 aromatic carbocycles. The summed E-state index contributed by atoms with van der Waals surface area (Å²) in [6.45, 7) is 5.40. The molecule has 1 N–H and O–H groups in total. The fourth-order valence-electron chi connectivity index (χ4n) is 2.67. The molecule has 0 saturated heterocycles. The number of hydrogen-bond donors (Lipinski definition) is 1. The third-order valence-corrected chi connectivity index (χ3v) is 3.81. The zero-order valence-electron chi connectivity index (χ0n) is 16.3. The largest absolute Gasteiger partial charge is 0.378 e. The Bertz CT molecular complexity index is 605. The normalized spacial score (nSPS) is 30.5. The second kappa shape index (κ2) is 7.14. The van der Waals surface area contributed by atoms with Gasteiger partial charge in [0.25, 0.3) is 0 Å². The van der Waals surface area contributed by atoms with Crippen molar-refractivity contribution in [3.8, 4) is 11.8 Å². The molecule has 1 aliphatic rings. The second-order valence-electron chi connectivity index (χ2n) is 6.44.